The molecule has 1 saturated heterocycles. The maximum Gasteiger partial charge on any atom is 0.0701 e. The van der Waals surface area contributed by atoms with E-state index in [0.717, 1.165) is 39.4 Å². The Bertz CT molecular complexity index is 179. The summed E-state index contributed by atoms with van der Waals surface area (Å²) in [6, 6.07) is 0. The number of aliphatic hydroxyl groups excluding tert-OH is 2. The second-order valence-corrected chi connectivity index (χ2v) is 4.87. The van der Waals surface area contributed by atoms with Crippen LogP contribution in [0.2, 0.25) is 0 Å². The van der Waals surface area contributed by atoms with Gasteiger partial charge in [0.25, 0.3) is 0 Å². The molecule has 0 aromatic heterocycles. The second-order valence-electron chi connectivity index (χ2n) is 4.87. The zero-order valence-corrected chi connectivity index (χ0v) is 19.6. The first-order valence-electron chi connectivity index (χ1n) is 7.95. The molecule has 0 bridgehead atoms. The van der Waals surface area contributed by atoms with Gasteiger partial charge in [0.15, 0.2) is 0 Å². The minimum absolute atomic E-state index is 0. The van der Waals surface area contributed by atoms with Crippen molar-refractivity contribution < 1.29 is 33.5 Å². The fourth-order valence-electron chi connectivity index (χ4n) is 1.16. The van der Waals surface area contributed by atoms with Crippen LogP contribution in [0, 0.1) is 0 Å². The molecule has 0 atom stereocenters. The number of aliphatic hydroxyl groups is 2. The summed E-state index contributed by atoms with van der Waals surface area (Å²) in [5.41, 5.74) is 0. The Balaban J connectivity index is -0.000000138. The predicted molar refractivity (Wildman–Crippen MR) is 108 cm³/mol. The Hall–Kier alpha value is 1.03. The molecular formula is C15H39IN4O3V. The molecule has 1 rings (SSSR count). The van der Waals surface area contributed by atoms with Crippen LogP contribution in [0.4, 0.5) is 0 Å². The number of ether oxygens (including phenoxy) is 1. The number of halogens is 1. The molecular weight excluding hydrogens is 462 g/mol. The number of nitrogens with zero attached hydrogens (tertiary/aromatic N) is 2. The third kappa shape index (κ3) is 43.5. The van der Waals surface area contributed by atoms with Gasteiger partial charge in [-0.25, -0.2) is 0 Å². The second kappa shape index (κ2) is 31.8. The fraction of sp³-hybridized carbons (Fsp3) is 1.00. The molecule has 7 nitrogen and oxygen atoms in total. The van der Waals surface area contributed by atoms with Crippen LogP contribution < -0.4 is 10.6 Å². The molecule has 0 saturated carbocycles. The molecule has 149 valence electrons. The quantitative estimate of drug-likeness (QED) is 0.137. The summed E-state index contributed by atoms with van der Waals surface area (Å²) in [5, 5.41) is 23.2. The smallest absolute Gasteiger partial charge is 0.0701 e. The molecule has 9 heteroatoms. The van der Waals surface area contributed by atoms with Gasteiger partial charge < -0.3 is 35.4 Å². The van der Waals surface area contributed by atoms with Crippen LogP contribution in [0.1, 0.15) is 0 Å². The van der Waals surface area contributed by atoms with Crippen molar-refractivity contribution in [1.29, 1.82) is 0 Å². The number of alkyl halides is 1. The summed E-state index contributed by atoms with van der Waals surface area (Å²) in [5.74, 6) is 0. The molecule has 1 aliphatic heterocycles. The summed E-state index contributed by atoms with van der Waals surface area (Å²) in [7, 11) is 7.83. The largest absolute Gasteiger partial charge is 0.395 e. The molecule has 1 fully saturated rings. The van der Waals surface area contributed by atoms with Crippen LogP contribution in [0.15, 0.2) is 0 Å². The summed E-state index contributed by atoms with van der Waals surface area (Å²) in [6.45, 7) is 7.81. The fourth-order valence-corrected chi connectivity index (χ4v) is 1.16. The Morgan fingerprint density at radius 2 is 1.12 bits per heavy atom. The van der Waals surface area contributed by atoms with Crippen molar-refractivity contribution >= 4 is 22.6 Å². The molecule has 0 amide bonds. The molecule has 1 radical (unpaired) electrons. The maximum atomic E-state index is 8.61. The number of rotatable bonds is 10. The van der Waals surface area contributed by atoms with Crippen molar-refractivity contribution in [1.82, 2.24) is 20.4 Å². The van der Waals surface area contributed by atoms with Crippen molar-refractivity contribution in [2.75, 3.05) is 98.8 Å². The van der Waals surface area contributed by atoms with Gasteiger partial charge in [-0.15, -0.1) is 0 Å². The molecule has 4 N–H and O–H groups in total. The van der Waals surface area contributed by atoms with Gasteiger partial charge in [0.2, 0.25) is 0 Å². The molecule has 1 heterocycles. The molecule has 0 unspecified atom stereocenters. The summed E-state index contributed by atoms with van der Waals surface area (Å²) >= 11 is 2.15. The van der Waals surface area contributed by atoms with Gasteiger partial charge in [0, 0.05) is 57.8 Å². The Kier molecular flexibility index (Phi) is 43.3. The molecule has 24 heavy (non-hydrogen) atoms. The van der Waals surface area contributed by atoms with Crippen molar-refractivity contribution in [3.8, 4) is 0 Å². The molecule has 1 aliphatic rings. The maximum absolute atomic E-state index is 8.61. The van der Waals surface area contributed by atoms with E-state index in [2.05, 4.69) is 47.8 Å². The zero-order valence-electron chi connectivity index (χ0n) is 16.1. The van der Waals surface area contributed by atoms with Crippen molar-refractivity contribution in [3.63, 3.8) is 0 Å². The van der Waals surface area contributed by atoms with E-state index < -0.39 is 0 Å². The summed E-state index contributed by atoms with van der Waals surface area (Å²) in [4.78, 5) is 6.10. The van der Waals surface area contributed by atoms with E-state index in [1.54, 1.807) is 0 Å². The normalized spacial score (nSPS) is 11.2. The summed E-state index contributed by atoms with van der Waals surface area (Å²) < 4.78 is 4.50. The van der Waals surface area contributed by atoms with E-state index in [1.807, 2.05) is 33.1 Å². The number of hydrogen-bond donors (Lipinski definition) is 4. The van der Waals surface area contributed by atoms with Crippen LogP contribution in [0.3, 0.4) is 0 Å². The Morgan fingerprint density at radius 1 is 0.833 bits per heavy atom. The van der Waals surface area contributed by atoms with Gasteiger partial charge in [-0.05, 0) is 33.1 Å². The van der Waals surface area contributed by atoms with Crippen LogP contribution >= 0.6 is 22.6 Å². The average Bonchev–Trinajstić information content (AvgIpc) is 3.43. The molecule has 0 aromatic rings. The van der Waals surface area contributed by atoms with Crippen LogP contribution in [0.5, 0.6) is 0 Å². The van der Waals surface area contributed by atoms with Gasteiger partial charge in [-0.2, -0.15) is 0 Å². The van der Waals surface area contributed by atoms with E-state index >= 15 is 0 Å². The minimum atomic E-state index is 0. The van der Waals surface area contributed by atoms with Crippen LogP contribution in [-0.4, -0.2) is 119 Å². The van der Waals surface area contributed by atoms with Crippen molar-refractivity contribution in [2.24, 2.45) is 0 Å². The molecule has 0 aliphatic carbocycles. The summed E-state index contributed by atoms with van der Waals surface area (Å²) in [6.07, 6.45) is 0. The van der Waals surface area contributed by atoms with Crippen molar-refractivity contribution in [2.45, 2.75) is 0 Å². The SMILES string of the molecule is C1CO1.CI.CN(CCO)CCN(C)CCO.CNCCNC.[V]. The van der Waals surface area contributed by atoms with E-state index in [1.165, 1.54) is 0 Å². The van der Waals surface area contributed by atoms with E-state index in [0.29, 0.717) is 13.1 Å². The van der Waals surface area contributed by atoms with Crippen LogP contribution in [-0.2, 0) is 23.3 Å². The molecule has 0 aromatic carbocycles. The monoisotopic (exact) mass is 501 g/mol. The van der Waals surface area contributed by atoms with E-state index in [-0.39, 0.29) is 31.8 Å². The predicted octanol–water partition coefficient (Wildman–Crippen LogP) is -0.675. The first-order valence-corrected chi connectivity index (χ1v) is 10.1. The first-order chi connectivity index (χ1) is 11.1. The first kappa shape index (κ1) is 32.7. The minimum Gasteiger partial charge on any atom is -0.395 e. The van der Waals surface area contributed by atoms with Gasteiger partial charge in [0.1, 0.15) is 0 Å². The number of likely N-dealkylation sites (N-methyl/N-ethyl adjacent to an activating group) is 4. The van der Waals surface area contributed by atoms with Gasteiger partial charge in [-0.1, -0.05) is 22.6 Å². The van der Waals surface area contributed by atoms with Gasteiger partial charge >= 0.3 is 0 Å². The van der Waals surface area contributed by atoms with Gasteiger partial charge in [0.05, 0.1) is 26.4 Å². The number of epoxide rings is 1. The van der Waals surface area contributed by atoms with Crippen LogP contribution in [0.25, 0.3) is 0 Å². The Labute approximate surface area is 174 Å². The third-order valence-electron chi connectivity index (χ3n) is 2.66. The average molecular weight is 501 g/mol. The van der Waals surface area contributed by atoms with Gasteiger partial charge in [-0.3, -0.25) is 0 Å². The zero-order chi connectivity index (χ0) is 18.3. The number of nitrogens with one attached hydrogen (secondary N) is 2. The van der Waals surface area contributed by atoms with E-state index in [4.69, 9.17) is 10.2 Å². The third-order valence-corrected chi connectivity index (χ3v) is 2.66. The topological polar surface area (TPSA) is 83.5 Å². The van der Waals surface area contributed by atoms with Crippen molar-refractivity contribution in [3.05, 3.63) is 0 Å². The Morgan fingerprint density at radius 3 is 1.29 bits per heavy atom. The molecule has 0 spiro atoms. The van der Waals surface area contributed by atoms with E-state index in [9.17, 15) is 0 Å². The number of hydrogen-bond acceptors (Lipinski definition) is 7. The standard InChI is InChI=1S/C8H20N2O2.C4H12N2.C2H4O.CH3I.V/c1-9(5-7-11)3-4-10(2)6-8-12;1-5-3-4-6-2;1-2-3-1;1-2;/h11-12H,3-8H2,1-2H3;5-6H,3-4H2,1-2H3;1-2H2;1H3;.